The molecule has 0 saturated carbocycles. The zero-order chi connectivity index (χ0) is 13.1. The zero-order valence-corrected chi connectivity index (χ0v) is 11.5. The standard InChI is InChI=1S/C14H14Cl2N2/c1-9-4-2-5-10(8-9)14(18-17)11-6-3-7-12(15)13(11)16/h2-8,14,18H,17H2,1H3. The van der Waals surface area contributed by atoms with E-state index in [9.17, 15) is 0 Å². The van der Waals surface area contributed by atoms with Crippen LogP contribution in [0.4, 0.5) is 0 Å². The molecule has 2 aromatic carbocycles. The smallest absolute Gasteiger partial charge is 0.0725 e. The second kappa shape index (κ2) is 5.72. The molecule has 0 saturated heterocycles. The Morgan fingerprint density at radius 1 is 1.11 bits per heavy atom. The molecule has 2 aromatic rings. The first-order chi connectivity index (χ1) is 8.63. The third-order valence-corrected chi connectivity index (χ3v) is 3.67. The number of benzene rings is 2. The van der Waals surface area contributed by atoms with Crippen LogP contribution in [0.25, 0.3) is 0 Å². The van der Waals surface area contributed by atoms with Crippen molar-refractivity contribution in [2.45, 2.75) is 13.0 Å². The molecule has 94 valence electrons. The Labute approximate surface area is 117 Å². The number of halogens is 2. The van der Waals surface area contributed by atoms with Gasteiger partial charge >= 0.3 is 0 Å². The number of hydrazine groups is 1. The van der Waals surface area contributed by atoms with Crippen LogP contribution in [-0.2, 0) is 0 Å². The van der Waals surface area contributed by atoms with E-state index in [2.05, 4.69) is 11.5 Å². The maximum atomic E-state index is 6.23. The molecule has 3 N–H and O–H groups in total. The van der Waals surface area contributed by atoms with Crippen LogP contribution in [0.15, 0.2) is 42.5 Å². The van der Waals surface area contributed by atoms with Crippen LogP contribution < -0.4 is 11.3 Å². The molecule has 2 rings (SSSR count). The van der Waals surface area contributed by atoms with Gasteiger partial charge in [0.1, 0.15) is 0 Å². The van der Waals surface area contributed by atoms with Gasteiger partial charge < -0.3 is 0 Å². The number of hydrogen-bond donors (Lipinski definition) is 2. The summed E-state index contributed by atoms with van der Waals surface area (Å²) in [7, 11) is 0. The van der Waals surface area contributed by atoms with Crippen LogP contribution in [0.2, 0.25) is 10.0 Å². The van der Waals surface area contributed by atoms with E-state index >= 15 is 0 Å². The molecular weight excluding hydrogens is 267 g/mol. The molecule has 0 heterocycles. The van der Waals surface area contributed by atoms with Crippen LogP contribution in [0.3, 0.4) is 0 Å². The third kappa shape index (κ3) is 2.68. The fourth-order valence-electron chi connectivity index (χ4n) is 1.96. The molecule has 0 fully saturated rings. The lowest BCUT2D eigenvalue weighted by Gasteiger charge is -2.19. The SMILES string of the molecule is Cc1cccc(C(NN)c2cccc(Cl)c2Cl)c1. The van der Waals surface area contributed by atoms with Crippen molar-refractivity contribution < 1.29 is 0 Å². The predicted octanol–water partition coefficient (Wildman–Crippen LogP) is 3.85. The fraction of sp³-hybridized carbons (Fsp3) is 0.143. The quantitative estimate of drug-likeness (QED) is 0.662. The first-order valence-electron chi connectivity index (χ1n) is 5.60. The lowest BCUT2D eigenvalue weighted by molar-refractivity contribution is 0.637. The Bertz CT molecular complexity index is 555. The van der Waals surface area contributed by atoms with E-state index in [-0.39, 0.29) is 6.04 Å². The maximum absolute atomic E-state index is 6.23. The highest BCUT2D eigenvalue weighted by atomic mass is 35.5. The predicted molar refractivity (Wildman–Crippen MR) is 76.8 cm³/mol. The Morgan fingerprint density at radius 3 is 2.50 bits per heavy atom. The lowest BCUT2D eigenvalue weighted by Crippen LogP contribution is -2.29. The summed E-state index contributed by atoms with van der Waals surface area (Å²) in [6.07, 6.45) is 0. The number of hydrogen-bond acceptors (Lipinski definition) is 2. The number of nitrogens with two attached hydrogens (primary N) is 1. The molecule has 0 radical (unpaired) electrons. The summed E-state index contributed by atoms with van der Waals surface area (Å²) in [5.41, 5.74) is 5.89. The van der Waals surface area contributed by atoms with E-state index in [0.29, 0.717) is 10.0 Å². The second-order valence-electron chi connectivity index (χ2n) is 4.16. The zero-order valence-electron chi connectivity index (χ0n) is 9.95. The van der Waals surface area contributed by atoms with Crippen LogP contribution >= 0.6 is 23.2 Å². The largest absolute Gasteiger partial charge is 0.271 e. The fourth-order valence-corrected chi connectivity index (χ4v) is 2.38. The topological polar surface area (TPSA) is 38.0 Å². The van der Waals surface area contributed by atoms with Gasteiger partial charge in [0, 0.05) is 0 Å². The van der Waals surface area contributed by atoms with Gasteiger partial charge in [0.05, 0.1) is 16.1 Å². The Hall–Kier alpha value is -1.06. The van der Waals surface area contributed by atoms with Crippen LogP contribution in [0.1, 0.15) is 22.7 Å². The third-order valence-electron chi connectivity index (χ3n) is 2.83. The molecule has 0 aliphatic heterocycles. The van der Waals surface area contributed by atoms with Crippen molar-refractivity contribution in [2.24, 2.45) is 5.84 Å². The average Bonchev–Trinajstić information content (AvgIpc) is 2.35. The summed E-state index contributed by atoms with van der Waals surface area (Å²) in [6, 6.07) is 13.5. The molecule has 2 nitrogen and oxygen atoms in total. The van der Waals surface area contributed by atoms with Gasteiger partial charge in [0.15, 0.2) is 0 Å². The van der Waals surface area contributed by atoms with Gasteiger partial charge in [-0.3, -0.25) is 5.84 Å². The van der Waals surface area contributed by atoms with Gasteiger partial charge in [-0.25, -0.2) is 5.43 Å². The molecule has 0 bridgehead atoms. The van der Waals surface area contributed by atoms with Gasteiger partial charge in [-0.15, -0.1) is 0 Å². The van der Waals surface area contributed by atoms with Crippen molar-refractivity contribution in [1.82, 2.24) is 5.43 Å². The van der Waals surface area contributed by atoms with Crippen molar-refractivity contribution in [1.29, 1.82) is 0 Å². The molecule has 0 amide bonds. The molecule has 0 spiro atoms. The Morgan fingerprint density at radius 2 is 1.83 bits per heavy atom. The van der Waals surface area contributed by atoms with E-state index in [1.807, 2.05) is 37.3 Å². The highest BCUT2D eigenvalue weighted by molar-refractivity contribution is 6.42. The Kier molecular flexibility index (Phi) is 4.25. The monoisotopic (exact) mass is 280 g/mol. The van der Waals surface area contributed by atoms with Crippen molar-refractivity contribution in [2.75, 3.05) is 0 Å². The average molecular weight is 281 g/mol. The molecule has 0 aliphatic carbocycles. The lowest BCUT2D eigenvalue weighted by atomic mass is 9.98. The van der Waals surface area contributed by atoms with Crippen LogP contribution in [0, 0.1) is 6.92 Å². The Balaban J connectivity index is 2.49. The highest BCUT2D eigenvalue weighted by Crippen LogP contribution is 2.32. The summed E-state index contributed by atoms with van der Waals surface area (Å²) in [5, 5.41) is 1.06. The van der Waals surface area contributed by atoms with Crippen molar-refractivity contribution >= 4 is 23.2 Å². The molecule has 1 atom stereocenters. The number of aryl methyl sites for hydroxylation is 1. The van der Waals surface area contributed by atoms with Crippen molar-refractivity contribution in [3.8, 4) is 0 Å². The van der Waals surface area contributed by atoms with E-state index in [1.54, 1.807) is 6.07 Å². The van der Waals surface area contributed by atoms with Gasteiger partial charge in [-0.1, -0.05) is 65.2 Å². The normalized spacial score (nSPS) is 12.4. The summed E-state index contributed by atoms with van der Waals surface area (Å²) in [4.78, 5) is 0. The van der Waals surface area contributed by atoms with Crippen LogP contribution in [-0.4, -0.2) is 0 Å². The molecule has 0 aliphatic rings. The minimum absolute atomic E-state index is 0.170. The second-order valence-corrected chi connectivity index (χ2v) is 4.94. The van der Waals surface area contributed by atoms with Crippen LogP contribution in [0.5, 0.6) is 0 Å². The van der Waals surface area contributed by atoms with Gasteiger partial charge in [0.25, 0.3) is 0 Å². The summed E-state index contributed by atoms with van der Waals surface area (Å²) < 4.78 is 0. The summed E-state index contributed by atoms with van der Waals surface area (Å²) in [6.45, 7) is 2.04. The van der Waals surface area contributed by atoms with E-state index in [1.165, 1.54) is 5.56 Å². The maximum Gasteiger partial charge on any atom is 0.0725 e. The van der Waals surface area contributed by atoms with Gasteiger partial charge in [-0.05, 0) is 24.1 Å². The number of nitrogens with one attached hydrogen (secondary N) is 1. The highest BCUT2D eigenvalue weighted by Gasteiger charge is 2.16. The van der Waals surface area contributed by atoms with Gasteiger partial charge in [-0.2, -0.15) is 0 Å². The molecular formula is C14H14Cl2N2. The van der Waals surface area contributed by atoms with E-state index in [4.69, 9.17) is 29.0 Å². The first kappa shape index (κ1) is 13.4. The van der Waals surface area contributed by atoms with Gasteiger partial charge in [0.2, 0.25) is 0 Å². The van der Waals surface area contributed by atoms with E-state index < -0.39 is 0 Å². The molecule has 18 heavy (non-hydrogen) atoms. The molecule has 1 unspecified atom stereocenters. The molecule has 4 heteroatoms. The van der Waals surface area contributed by atoms with Crippen molar-refractivity contribution in [3.05, 3.63) is 69.2 Å². The first-order valence-corrected chi connectivity index (χ1v) is 6.35. The number of rotatable bonds is 3. The van der Waals surface area contributed by atoms with E-state index in [0.717, 1.165) is 11.1 Å². The summed E-state index contributed by atoms with van der Waals surface area (Å²) >= 11 is 12.3. The van der Waals surface area contributed by atoms with Crippen molar-refractivity contribution in [3.63, 3.8) is 0 Å². The minimum Gasteiger partial charge on any atom is -0.271 e. The summed E-state index contributed by atoms with van der Waals surface area (Å²) in [5.74, 6) is 5.65. The molecule has 0 aromatic heterocycles. The minimum atomic E-state index is -0.170.